The van der Waals surface area contributed by atoms with Gasteiger partial charge in [0.2, 0.25) is 0 Å². The van der Waals surface area contributed by atoms with E-state index in [9.17, 15) is 0 Å². The predicted octanol–water partition coefficient (Wildman–Crippen LogP) is 1.73. The molecule has 1 rings (SSSR count). The van der Waals surface area contributed by atoms with E-state index >= 15 is 0 Å². The van der Waals surface area contributed by atoms with Crippen molar-refractivity contribution in [1.82, 2.24) is 15.6 Å². The molecule has 0 aliphatic heterocycles. The van der Waals surface area contributed by atoms with Crippen molar-refractivity contribution in [1.29, 1.82) is 0 Å². The van der Waals surface area contributed by atoms with Crippen LogP contribution in [-0.2, 0) is 6.54 Å². The highest BCUT2D eigenvalue weighted by atomic mass is 14.9. The van der Waals surface area contributed by atoms with Gasteiger partial charge >= 0.3 is 0 Å². The Morgan fingerprint density at radius 1 is 1.19 bits per heavy atom. The fourth-order valence-corrected chi connectivity index (χ4v) is 1.51. The lowest BCUT2D eigenvalue weighted by Crippen LogP contribution is -2.29. The zero-order valence-electron chi connectivity index (χ0n) is 10.6. The quantitative estimate of drug-likeness (QED) is 0.688. The maximum absolute atomic E-state index is 4.17. The van der Waals surface area contributed by atoms with Crippen LogP contribution in [0.1, 0.15) is 25.0 Å². The molecular formula is C13H23N3. The minimum absolute atomic E-state index is 0.723. The molecule has 0 aliphatic carbocycles. The molecule has 0 fully saturated rings. The van der Waals surface area contributed by atoms with Gasteiger partial charge in [-0.3, -0.25) is 4.98 Å². The van der Waals surface area contributed by atoms with Gasteiger partial charge in [-0.05, 0) is 30.5 Å². The van der Waals surface area contributed by atoms with E-state index in [1.165, 1.54) is 11.1 Å². The maximum Gasteiger partial charge on any atom is 0.0313 e. The Balaban J connectivity index is 2.07. The third-order valence-electron chi connectivity index (χ3n) is 2.29. The normalized spacial score (nSPS) is 11.0. The summed E-state index contributed by atoms with van der Waals surface area (Å²) in [6, 6.07) is 2.17. The number of nitrogens with one attached hydrogen (secondary N) is 2. The van der Waals surface area contributed by atoms with Gasteiger partial charge in [0.1, 0.15) is 0 Å². The Hall–Kier alpha value is -0.930. The first-order valence-corrected chi connectivity index (χ1v) is 6.00. The van der Waals surface area contributed by atoms with Crippen molar-refractivity contribution in [2.45, 2.75) is 27.3 Å². The highest BCUT2D eigenvalue weighted by molar-refractivity contribution is 5.16. The van der Waals surface area contributed by atoms with Crippen LogP contribution in [0.25, 0.3) is 0 Å². The van der Waals surface area contributed by atoms with Crippen LogP contribution in [-0.4, -0.2) is 24.6 Å². The topological polar surface area (TPSA) is 37.0 Å². The molecule has 0 unspecified atom stereocenters. The number of pyridine rings is 1. The zero-order valence-corrected chi connectivity index (χ0v) is 10.6. The lowest BCUT2D eigenvalue weighted by molar-refractivity contribution is 0.535. The van der Waals surface area contributed by atoms with Crippen LogP contribution in [0.4, 0.5) is 0 Å². The van der Waals surface area contributed by atoms with Gasteiger partial charge in [0.05, 0.1) is 0 Å². The van der Waals surface area contributed by atoms with Gasteiger partial charge < -0.3 is 10.6 Å². The average molecular weight is 221 g/mol. The van der Waals surface area contributed by atoms with Gasteiger partial charge in [-0.2, -0.15) is 0 Å². The summed E-state index contributed by atoms with van der Waals surface area (Å²) >= 11 is 0. The minimum Gasteiger partial charge on any atom is -0.315 e. The molecule has 16 heavy (non-hydrogen) atoms. The highest BCUT2D eigenvalue weighted by Crippen LogP contribution is 1.99. The molecule has 0 saturated carbocycles. The first-order chi connectivity index (χ1) is 7.68. The first kappa shape index (κ1) is 13.1. The first-order valence-electron chi connectivity index (χ1n) is 6.00. The fraction of sp³-hybridized carbons (Fsp3) is 0.615. The molecule has 0 saturated heterocycles. The maximum atomic E-state index is 4.17. The number of hydrogen-bond acceptors (Lipinski definition) is 3. The van der Waals surface area contributed by atoms with E-state index in [4.69, 9.17) is 0 Å². The Morgan fingerprint density at radius 2 is 1.94 bits per heavy atom. The van der Waals surface area contributed by atoms with E-state index in [2.05, 4.69) is 42.5 Å². The fourth-order valence-electron chi connectivity index (χ4n) is 1.51. The third-order valence-corrected chi connectivity index (χ3v) is 2.29. The molecule has 2 N–H and O–H groups in total. The van der Waals surface area contributed by atoms with Gasteiger partial charge in [-0.1, -0.05) is 19.9 Å². The van der Waals surface area contributed by atoms with E-state index in [0.717, 1.165) is 32.1 Å². The lowest BCUT2D eigenvalue weighted by atomic mass is 10.2. The summed E-state index contributed by atoms with van der Waals surface area (Å²) in [5.41, 5.74) is 2.47. The second kappa shape index (κ2) is 7.36. The van der Waals surface area contributed by atoms with Crippen LogP contribution < -0.4 is 10.6 Å². The number of aromatic nitrogens is 1. The molecule has 0 spiro atoms. The molecule has 1 heterocycles. The van der Waals surface area contributed by atoms with Gasteiger partial charge in [0, 0.05) is 32.0 Å². The Morgan fingerprint density at radius 3 is 2.62 bits per heavy atom. The molecule has 0 bridgehead atoms. The van der Waals surface area contributed by atoms with Crippen molar-refractivity contribution in [3.05, 3.63) is 29.6 Å². The summed E-state index contributed by atoms with van der Waals surface area (Å²) in [6.07, 6.45) is 3.80. The molecule has 0 aliphatic rings. The van der Waals surface area contributed by atoms with E-state index in [1.807, 2.05) is 12.4 Å². The number of rotatable bonds is 7. The summed E-state index contributed by atoms with van der Waals surface area (Å²) in [4.78, 5) is 4.17. The predicted molar refractivity (Wildman–Crippen MR) is 68.4 cm³/mol. The van der Waals surface area contributed by atoms with Crippen LogP contribution in [0.3, 0.4) is 0 Å². The van der Waals surface area contributed by atoms with E-state index < -0.39 is 0 Å². The van der Waals surface area contributed by atoms with Crippen molar-refractivity contribution in [2.75, 3.05) is 19.6 Å². The third kappa shape index (κ3) is 5.83. The Labute approximate surface area is 98.7 Å². The summed E-state index contributed by atoms with van der Waals surface area (Å²) in [5.74, 6) is 0.723. The van der Waals surface area contributed by atoms with E-state index in [-0.39, 0.29) is 0 Å². The van der Waals surface area contributed by atoms with Crippen molar-refractivity contribution < 1.29 is 0 Å². The molecule has 0 atom stereocenters. The standard InChI is InChI=1S/C13H23N3/c1-11(2)7-14-4-5-15-9-13-6-12(3)8-16-10-13/h6,8,10-11,14-15H,4-5,7,9H2,1-3H3. The van der Waals surface area contributed by atoms with Crippen molar-refractivity contribution >= 4 is 0 Å². The summed E-state index contributed by atoms with van der Waals surface area (Å²) in [5, 5.41) is 6.80. The van der Waals surface area contributed by atoms with Crippen LogP contribution in [0, 0.1) is 12.8 Å². The molecule has 0 radical (unpaired) electrons. The monoisotopic (exact) mass is 221 g/mol. The summed E-state index contributed by atoms with van der Waals surface area (Å²) < 4.78 is 0. The van der Waals surface area contributed by atoms with E-state index in [0.29, 0.717) is 0 Å². The summed E-state index contributed by atoms with van der Waals surface area (Å²) in [7, 11) is 0. The molecular weight excluding hydrogens is 198 g/mol. The minimum atomic E-state index is 0.723. The zero-order chi connectivity index (χ0) is 11.8. The SMILES string of the molecule is Cc1cncc(CNCCNCC(C)C)c1. The molecule has 90 valence electrons. The van der Waals surface area contributed by atoms with Crippen LogP contribution in [0.5, 0.6) is 0 Å². The second-order valence-electron chi connectivity index (χ2n) is 4.65. The van der Waals surface area contributed by atoms with Gasteiger partial charge in [-0.15, -0.1) is 0 Å². The van der Waals surface area contributed by atoms with Crippen molar-refractivity contribution in [3.8, 4) is 0 Å². The average Bonchev–Trinajstić information content (AvgIpc) is 2.23. The highest BCUT2D eigenvalue weighted by Gasteiger charge is 1.94. The molecule has 1 aromatic heterocycles. The molecule has 3 nitrogen and oxygen atoms in total. The molecule has 3 heteroatoms. The molecule has 0 amide bonds. The van der Waals surface area contributed by atoms with Crippen LogP contribution in [0.15, 0.2) is 18.5 Å². The summed E-state index contributed by atoms with van der Waals surface area (Å²) in [6.45, 7) is 10.5. The van der Waals surface area contributed by atoms with Crippen molar-refractivity contribution in [3.63, 3.8) is 0 Å². The molecule has 0 aromatic carbocycles. The van der Waals surface area contributed by atoms with Crippen LogP contribution in [0.2, 0.25) is 0 Å². The Kier molecular flexibility index (Phi) is 6.04. The number of hydrogen-bond donors (Lipinski definition) is 2. The van der Waals surface area contributed by atoms with E-state index in [1.54, 1.807) is 0 Å². The van der Waals surface area contributed by atoms with Gasteiger partial charge in [0.15, 0.2) is 0 Å². The number of nitrogens with zero attached hydrogens (tertiary/aromatic N) is 1. The Bertz CT molecular complexity index is 297. The number of aryl methyl sites for hydroxylation is 1. The van der Waals surface area contributed by atoms with Crippen molar-refractivity contribution in [2.24, 2.45) is 5.92 Å². The second-order valence-corrected chi connectivity index (χ2v) is 4.65. The van der Waals surface area contributed by atoms with Gasteiger partial charge in [-0.25, -0.2) is 0 Å². The lowest BCUT2D eigenvalue weighted by Gasteiger charge is -2.08. The van der Waals surface area contributed by atoms with Gasteiger partial charge in [0.25, 0.3) is 0 Å². The van der Waals surface area contributed by atoms with Crippen LogP contribution >= 0.6 is 0 Å². The smallest absolute Gasteiger partial charge is 0.0313 e. The molecule has 1 aromatic rings. The largest absolute Gasteiger partial charge is 0.315 e.